The third-order valence-electron chi connectivity index (χ3n) is 3.67. The minimum absolute atomic E-state index is 0. The summed E-state index contributed by atoms with van der Waals surface area (Å²) >= 11 is 5.27. The van der Waals surface area contributed by atoms with Gasteiger partial charge in [-0.25, -0.2) is 0 Å². The molecule has 21 heavy (non-hydrogen) atoms. The number of benzene rings is 1. The van der Waals surface area contributed by atoms with Gasteiger partial charge in [0.25, 0.3) is 0 Å². The molecule has 6 heteroatoms. The largest absolute Gasteiger partial charge is 0.343 e. The summed E-state index contributed by atoms with van der Waals surface area (Å²) in [5.41, 5.74) is 0. The summed E-state index contributed by atoms with van der Waals surface area (Å²) in [4.78, 5) is 15.4. The SMILES string of the molecule is CNC1CCN(C(=O)CCSc2ccccc2Br)CC1.Cl. The molecule has 1 N–H and O–H groups in total. The van der Waals surface area contributed by atoms with E-state index >= 15 is 0 Å². The van der Waals surface area contributed by atoms with E-state index in [2.05, 4.69) is 27.3 Å². The van der Waals surface area contributed by atoms with Gasteiger partial charge in [-0.15, -0.1) is 24.2 Å². The summed E-state index contributed by atoms with van der Waals surface area (Å²) in [5.74, 6) is 1.13. The normalized spacial score (nSPS) is 15.6. The van der Waals surface area contributed by atoms with Gasteiger partial charge < -0.3 is 10.2 Å². The number of piperidine rings is 1. The zero-order chi connectivity index (χ0) is 14.4. The lowest BCUT2D eigenvalue weighted by Crippen LogP contribution is -2.44. The summed E-state index contributed by atoms with van der Waals surface area (Å²) < 4.78 is 1.10. The molecule has 1 fully saturated rings. The zero-order valence-corrected chi connectivity index (χ0v) is 15.4. The standard InChI is InChI=1S/C15H21BrN2OS.ClH/c1-17-12-6-9-18(10-7-12)15(19)8-11-20-14-5-3-2-4-13(14)16;/h2-5,12,17H,6-11H2,1H3;1H. The molecule has 1 saturated heterocycles. The molecule has 1 aromatic rings. The number of nitrogens with zero attached hydrogens (tertiary/aromatic N) is 1. The molecule has 118 valence electrons. The van der Waals surface area contributed by atoms with Crippen LogP contribution in [0.25, 0.3) is 0 Å². The van der Waals surface area contributed by atoms with E-state index < -0.39 is 0 Å². The van der Waals surface area contributed by atoms with Crippen LogP contribution in [0.1, 0.15) is 19.3 Å². The van der Waals surface area contributed by atoms with E-state index in [0.29, 0.717) is 18.4 Å². The number of halogens is 2. The van der Waals surface area contributed by atoms with Crippen LogP contribution in [0, 0.1) is 0 Å². The highest BCUT2D eigenvalue weighted by molar-refractivity contribution is 9.10. The number of rotatable bonds is 5. The van der Waals surface area contributed by atoms with Crippen LogP contribution in [-0.4, -0.2) is 42.7 Å². The maximum absolute atomic E-state index is 12.1. The lowest BCUT2D eigenvalue weighted by atomic mass is 10.1. The summed E-state index contributed by atoms with van der Waals surface area (Å²) in [6.07, 6.45) is 2.76. The second-order valence-electron chi connectivity index (χ2n) is 4.97. The molecule has 0 aromatic heterocycles. The van der Waals surface area contributed by atoms with Crippen LogP contribution in [-0.2, 0) is 4.79 Å². The second-order valence-corrected chi connectivity index (χ2v) is 6.96. The van der Waals surface area contributed by atoms with Gasteiger partial charge in [0.1, 0.15) is 0 Å². The number of carbonyl (C=O) groups excluding carboxylic acids is 1. The predicted molar refractivity (Wildman–Crippen MR) is 95.4 cm³/mol. The second kappa shape index (κ2) is 9.72. The fraction of sp³-hybridized carbons (Fsp3) is 0.533. The van der Waals surface area contributed by atoms with Gasteiger partial charge >= 0.3 is 0 Å². The number of thioether (sulfide) groups is 1. The topological polar surface area (TPSA) is 32.3 Å². The Labute approximate surface area is 145 Å². The highest BCUT2D eigenvalue weighted by atomic mass is 79.9. The number of carbonyl (C=O) groups is 1. The molecule has 0 saturated carbocycles. The van der Waals surface area contributed by atoms with Crippen molar-refractivity contribution < 1.29 is 4.79 Å². The van der Waals surface area contributed by atoms with E-state index in [4.69, 9.17) is 0 Å². The summed E-state index contributed by atoms with van der Waals surface area (Å²) in [6.45, 7) is 1.79. The van der Waals surface area contributed by atoms with Gasteiger partial charge in [-0.2, -0.15) is 0 Å². The Balaban J connectivity index is 0.00000220. The van der Waals surface area contributed by atoms with Crippen molar-refractivity contribution in [1.29, 1.82) is 0 Å². The number of nitrogens with one attached hydrogen (secondary N) is 1. The van der Waals surface area contributed by atoms with E-state index in [1.165, 1.54) is 4.90 Å². The Kier molecular flexibility index (Phi) is 8.71. The van der Waals surface area contributed by atoms with Gasteiger partial charge in [0.2, 0.25) is 5.91 Å². The molecule has 0 aliphatic carbocycles. The maximum atomic E-state index is 12.1. The van der Waals surface area contributed by atoms with Gasteiger partial charge in [0.15, 0.2) is 0 Å². The van der Waals surface area contributed by atoms with Crippen molar-refractivity contribution in [2.45, 2.75) is 30.2 Å². The molecule has 0 unspecified atom stereocenters. The van der Waals surface area contributed by atoms with Crippen LogP contribution in [0.3, 0.4) is 0 Å². The Bertz CT molecular complexity index is 453. The molecule has 1 amide bonds. The van der Waals surface area contributed by atoms with E-state index in [1.54, 1.807) is 11.8 Å². The van der Waals surface area contributed by atoms with Crippen molar-refractivity contribution in [2.75, 3.05) is 25.9 Å². The average Bonchev–Trinajstić information content (AvgIpc) is 2.49. The van der Waals surface area contributed by atoms with Gasteiger partial charge in [0.05, 0.1) is 0 Å². The number of amides is 1. The van der Waals surface area contributed by atoms with Gasteiger partial charge in [-0.1, -0.05) is 12.1 Å². The fourth-order valence-electron chi connectivity index (χ4n) is 2.39. The molecular formula is C15H22BrClN2OS. The van der Waals surface area contributed by atoms with Crippen LogP contribution in [0.15, 0.2) is 33.6 Å². The first-order valence-electron chi connectivity index (χ1n) is 7.03. The lowest BCUT2D eigenvalue weighted by molar-refractivity contribution is -0.131. The first kappa shape index (κ1) is 18.8. The first-order chi connectivity index (χ1) is 9.70. The van der Waals surface area contributed by atoms with Crippen LogP contribution in [0.4, 0.5) is 0 Å². The van der Waals surface area contributed by atoms with Crippen LogP contribution in [0.5, 0.6) is 0 Å². The molecule has 1 aromatic carbocycles. The number of hydrogen-bond acceptors (Lipinski definition) is 3. The van der Waals surface area contributed by atoms with Crippen molar-refractivity contribution in [1.82, 2.24) is 10.2 Å². The summed E-state index contributed by atoms with van der Waals surface area (Å²) in [6, 6.07) is 8.72. The van der Waals surface area contributed by atoms with Crippen molar-refractivity contribution in [2.24, 2.45) is 0 Å². The Morgan fingerprint density at radius 2 is 2.05 bits per heavy atom. The third-order valence-corrected chi connectivity index (χ3v) is 5.70. The van der Waals surface area contributed by atoms with Gasteiger partial charge in [0, 0.05) is 40.7 Å². The molecule has 0 radical (unpaired) electrons. The maximum Gasteiger partial charge on any atom is 0.223 e. The van der Waals surface area contributed by atoms with Gasteiger partial charge in [-0.3, -0.25) is 4.79 Å². The average molecular weight is 394 g/mol. The molecule has 1 aliphatic heterocycles. The minimum atomic E-state index is 0. The quantitative estimate of drug-likeness (QED) is 0.776. The number of likely N-dealkylation sites (tertiary alicyclic amines) is 1. The Morgan fingerprint density at radius 1 is 1.38 bits per heavy atom. The molecule has 3 nitrogen and oxygen atoms in total. The van der Waals surface area contributed by atoms with E-state index in [-0.39, 0.29) is 12.4 Å². The third kappa shape index (κ3) is 5.81. The predicted octanol–water partition coefficient (Wildman–Crippen LogP) is 3.56. The summed E-state index contributed by atoms with van der Waals surface area (Å²) in [7, 11) is 2.00. The minimum Gasteiger partial charge on any atom is -0.343 e. The van der Waals surface area contributed by atoms with Crippen LogP contribution in [0.2, 0.25) is 0 Å². The number of hydrogen-bond donors (Lipinski definition) is 1. The first-order valence-corrected chi connectivity index (χ1v) is 8.81. The summed E-state index contributed by atoms with van der Waals surface area (Å²) in [5, 5.41) is 3.29. The highest BCUT2D eigenvalue weighted by Crippen LogP contribution is 2.27. The van der Waals surface area contributed by atoms with Crippen molar-refractivity contribution in [3.8, 4) is 0 Å². The van der Waals surface area contributed by atoms with Crippen LogP contribution >= 0.6 is 40.1 Å². The molecule has 0 atom stereocenters. The Morgan fingerprint density at radius 3 is 2.67 bits per heavy atom. The van der Waals surface area contributed by atoms with E-state index in [1.807, 2.05) is 30.1 Å². The lowest BCUT2D eigenvalue weighted by Gasteiger charge is -2.31. The highest BCUT2D eigenvalue weighted by Gasteiger charge is 2.21. The molecule has 0 bridgehead atoms. The molecule has 1 heterocycles. The van der Waals surface area contributed by atoms with Crippen molar-refractivity contribution >= 4 is 46.0 Å². The molecular weight excluding hydrogens is 372 g/mol. The Hall–Kier alpha value is -0.230. The van der Waals surface area contributed by atoms with E-state index in [0.717, 1.165) is 36.2 Å². The van der Waals surface area contributed by atoms with E-state index in [9.17, 15) is 4.79 Å². The van der Waals surface area contributed by atoms with Gasteiger partial charge in [-0.05, 0) is 48.0 Å². The van der Waals surface area contributed by atoms with Crippen molar-refractivity contribution in [3.05, 3.63) is 28.7 Å². The smallest absolute Gasteiger partial charge is 0.223 e. The van der Waals surface area contributed by atoms with Crippen molar-refractivity contribution in [3.63, 3.8) is 0 Å². The fourth-order valence-corrected chi connectivity index (χ4v) is 3.89. The zero-order valence-electron chi connectivity index (χ0n) is 12.2. The monoisotopic (exact) mass is 392 g/mol. The van der Waals surface area contributed by atoms with Crippen LogP contribution < -0.4 is 5.32 Å². The molecule has 1 aliphatic rings. The molecule has 0 spiro atoms. The molecule has 2 rings (SSSR count).